The molecule has 0 aromatic heterocycles. The molecule has 3 saturated heterocycles. The van der Waals surface area contributed by atoms with E-state index < -0.39 is 11.9 Å². The van der Waals surface area contributed by atoms with Gasteiger partial charge in [-0.3, -0.25) is 19.7 Å². The molecule has 1 aromatic rings. The summed E-state index contributed by atoms with van der Waals surface area (Å²) in [7, 11) is 0. The fourth-order valence-electron chi connectivity index (χ4n) is 5.83. The van der Waals surface area contributed by atoms with Gasteiger partial charge in [0.25, 0.3) is 5.91 Å². The summed E-state index contributed by atoms with van der Waals surface area (Å²) in [5.74, 6) is 0.797. The molecule has 3 amide bonds. The van der Waals surface area contributed by atoms with E-state index in [0.717, 1.165) is 49.3 Å². The summed E-state index contributed by atoms with van der Waals surface area (Å²) in [6, 6.07) is 3.20. The fourth-order valence-corrected chi connectivity index (χ4v) is 6.18. The molecule has 7 nitrogen and oxygen atoms in total. The highest BCUT2D eigenvalue weighted by molar-refractivity contribution is 6.35. The van der Waals surface area contributed by atoms with E-state index >= 15 is 0 Å². The topological polar surface area (TPSA) is 81.8 Å². The molecule has 1 atom stereocenters. The van der Waals surface area contributed by atoms with Crippen LogP contribution in [0, 0.1) is 11.8 Å². The van der Waals surface area contributed by atoms with Crippen LogP contribution in [0.1, 0.15) is 60.9 Å². The molecule has 4 aliphatic rings. The predicted molar refractivity (Wildman–Crippen MR) is 123 cm³/mol. The van der Waals surface area contributed by atoms with E-state index in [4.69, 9.17) is 11.6 Å². The van der Waals surface area contributed by atoms with Crippen LogP contribution >= 0.6 is 11.6 Å². The van der Waals surface area contributed by atoms with Crippen molar-refractivity contribution < 1.29 is 14.4 Å². The number of nitrogens with zero attached hydrogens (tertiary/aromatic N) is 2. The van der Waals surface area contributed by atoms with Gasteiger partial charge in [-0.05, 0) is 75.6 Å². The summed E-state index contributed by atoms with van der Waals surface area (Å²) in [6.07, 6.45) is 6.91. The van der Waals surface area contributed by atoms with Crippen molar-refractivity contribution in [1.82, 2.24) is 15.5 Å². The molecule has 2 N–H and O–H groups in total. The monoisotopic (exact) mass is 458 g/mol. The van der Waals surface area contributed by atoms with E-state index in [1.165, 1.54) is 32.1 Å². The highest BCUT2D eigenvalue weighted by Gasteiger charge is 2.40. The van der Waals surface area contributed by atoms with Crippen molar-refractivity contribution in [2.24, 2.45) is 11.8 Å². The second-order valence-electron chi connectivity index (χ2n) is 9.68. The van der Waals surface area contributed by atoms with E-state index in [1.54, 1.807) is 4.90 Å². The number of benzene rings is 1. The molecule has 0 aliphatic carbocycles. The zero-order chi connectivity index (χ0) is 22.2. The molecule has 1 unspecified atom stereocenters. The molecule has 0 spiro atoms. The van der Waals surface area contributed by atoms with Crippen LogP contribution in [-0.2, 0) is 16.1 Å². The van der Waals surface area contributed by atoms with Gasteiger partial charge in [0.15, 0.2) is 0 Å². The first-order valence-electron chi connectivity index (χ1n) is 11.9. The van der Waals surface area contributed by atoms with Crippen LogP contribution in [0.15, 0.2) is 12.1 Å². The van der Waals surface area contributed by atoms with Gasteiger partial charge in [-0.15, -0.1) is 0 Å². The average Bonchev–Trinajstić information content (AvgIpc) is 3.13. The number of amides is 3. The first-order valence-corrected chi connectivity index (χ1v) is 12.3. The maximum absolute atomic E-state index is 13.0. The van der Waals surface area contributed by atoms with E-state index in [2.05, 4.69) is 15.5 Å². The fraction of sp³-hybridized carbons (Fsp3) is 0.625. The van der Waals surface area contributed by atoms with Gasteiger partial charge in [0.2, 0.25) is 11.8 Å². The molecule has 8 heteroatoms. The Hall–Kier alpha value is -2.12. The van der Waals surface area contributed by atoms with E-state index in [0.29, 0.717) is 23.6 Å². The van der Waals surface area contributed by atoms with Gasteiger partial charge in [0, 0.05) is 37.2 Å². The van der Waals surface area contributed by atoms with Crippen LogP contribution in [0.4, 0.5) is 5.69 Å². The summed E-state index contributed by atoms with van der Waals surface area (Å²) in [4.78, 5) is 40.7. The van der Waals surface area contributed by atoms with Gasteiger partial charge >= 0.3 is 0 Å². The summed E-state index contributed by atoms with van der Waals surface area (Å²) < 4.78 is 0. The van der Waals surface area contributed by atoms with Crippen LogP contribution in [0.5, 0.6) is 0 Å². The summed E-state index contributed by atoms with van der Waals surface area (Å²) in [5.41, 5.74) is 2.36. The Bertz CT molecular complexity index is 922. The molecule has 32 heavy (non-hydrogen) atoms. The Kier molecular flexibility index (Phi) is 6.12. The highest BCUT2D eigenvalue weighted by Crippen LogP contribution is 2.39. The minimum atomic E-state index is -0.613. The molecule has 4 aliphatic heterocycles. The number of carbonyl (C=O) groups excluding carboxylic acids is 3. The first-order chi connectivity index (χ1) is 15.5. The maximum atomic E-state index is 13.0. The quantitative estimate of drug-likeness (QED) is 0.678. The van der Waals surface area contributed by atoms with Crippen molar-refractivity contribution >= 4 is 35.0 Å². The molecule has 5 rings (SSSR count). The van der Waals surface area contributed by atoms with Crippen LogP contribution < -0.4 is 15.5 Å². The Balaban J connectivity index is 1.25. The summed E-state index contributed by atoms with van der Waals surface area (Å²) in [5, 5.41) is 6.43. The van der Waals surface area contributed by atoms with E-state index in [-0.39, 0.29) is 18.2 Å². The van der Waals surface area contributed by atoms with Gasteiger partial charge < -0.3 is 15.1 Å². The highest BCUT2D eigenvalue weighted by atomic mass is 35.5. The predicted octanol–water partition coefficient (Wildman–Crippen LogP) is 2.71. The van der Waals surface area contributed by atoms with Gasteiger partial charge in [-0.2, -0.15) is 0 Å². The molecule has 0 saturated carbocycles. The van der Waals surface area contributed by atoms with Crippen molar-refractivity contribution in [2.45, 2.75) is 57.5 Å². The smallest absolute Gasteiger partial charge is 0.255 e. The first kappa shape index (κ1) is 21.7. The molecule has 4 heterocycles. The average molecular weight is 459 g/mol. The van der Waals surface area contributed by atoms with Crippen LogP contribution in [-0.4, -0.2) is 54.8 Å². The number of nitrogens with one attached hydrogen (secondary N) is 2. The number of imide groups is 1. The lowest BCUT2D eigenvalue weighted by atomic mass is 9.83. The Morgan fingerprint density at radius 3 is 2.41 bits per heavy atom. The Morgan fingerprint density at radius 1 is 0.969 bits per heavy atom. The van der Waals surface area contributed by atoms with E-state index in [1.807, 2.05) is 12.1 Å². The molecular formula is C24H31ClN4O3. The zero-order valence-electron chi connectivity index (χ0n) is 18.4. The third kappa shape index (κ3) is 4.13. The zero-order valence-corrected chi connectivity index (χ0v) is 19.1. The summed E-state index contributed by atoms with van der Waals surface area (Å²) in [6.45, 7) is 4.60. The normalized spacial score (nSPS) is 25.3. The molecule has 0 radical (unpaired) electrons. The minimum Gasteiger partial charge on any atom is -0.370 e. The standard InChI is InChI=1S/C24H31ClN4O3/c25-22-18-14-29(20-3-4-21(30)27-23(20)31)24(32)17(18)1-2-19(22)28-11-7-16(8-12-28)13-15-5-9-26-10-6-15/h1-2,15-16,20,26H,3-14H2,(H,27,30,31). The SMILES string of the molecule is O=C1CCC(N2Cc3c(ccc(N4CCC(CC5CCNCC5)CC4)c3Cl)C2=O)C(=O)N1. The third-order valence-electron chi connectivity index (χ3n) is 7.71. The van der Waals surface area contributed by atoms with Gasteiger partial charge in [-0.1, -0.05) is 11.6 Å². The molecule has 172 valence electrons. The van der Waals surface area contributed by atoms with Crippen molar-refractivity contribution in [3.63, 3.8) is 0 Å². The van der Waals surface area contributed by atoms with E-state index in [9.17, 15) is 14.4 Å². The number of rotatable bonds is 4. The lowest BCUT2D eigenvalue weighted by Gasteiger charge is -2.36. The maximum Gasteiger partial charge on any atom is 0.255 e. The minimum absolute atomic E-state index is 0.177. The van der Waals surface area contributed by atoms with Gasteiger partial charge in [-0.25, -0.2) is 0 Å². The molecule has 3 fully saturated rings. The lowest BCUT2D eigenvalue weighted by Crippen LogP contribution is -2.52. The number of hydrogen-bond acceptors (Lipinski definition) is 5. The largest absolute Gasteiger partial charge is 0.370 e. The lowest BCUT2D eigenvalue weighted by molar-refractivity contribution is -0.136. The van der Waals surface area contributed by atoms with Crippen LogP contribution in [0.25, 0.3) is 0 Å². The number of anilines is 1. The van der Waals surface area contributed by atoms with Crippen molar-refractivity contribution in [1.29, 1.82) is 0 Å². The van der Waals surface area contributed by atoms with Crippen LogP contribution in [0.2, 0.25) is 5.02 Å². The molecule has 1 aromatic carbocycles. The summed E-state index contributed by atoms with van der Waals surface area (Å²) >= 11 is 6.83. The molecular weight excluding hydrogens is 428 g/mol. The second-order valence-corrected chi connectivity index (χ2v) is 10.1. The third-order valence-corrected chi connectivity index (χ3v) is 8.13. The number of hydrogen-bond donors (Lipinski definition) is 2. The number of fused-ring (bicyclic) bond motifs is 1. The van der Waals surface area contributed by atoms with Crippen molar-refractivity contribution in [3.05, 3.63) is 28.3 Å². The number of piperidine rings is 3. The Labute approximate surface area is 193 Å². The van der Waals surface area contributed by atoms with Crippen molar-refractivity contribution in [3.8, 4) is 0 Å². The number of carbonyl (C=O) groups is 3. The van der Waals surface area contributed by atoms with Crippen molar-refractivity contribution in [2.75, 3.05) is 31.1 Å². The number of halogens is 1. The van der Waals surface area contributed by atoms with Gasteiger partial charge in [0.1, 0.15) is 6.04 Å². The second kappa shape index (κ2) is 9.02. The van der Waals surface area contributed by atoms with Gasteiger partial charge in [0.05, 0.1) is 10.7 Å². The molecule has 0 bridgehead atoms. The Morgan fingerprint density at radius 2 is 1.69 bits per heavy atom. The van der Waals surface area contributed by atoms with Crippen LogP contribution in [0.3, 0.4) is 0 Å².